The van der Waals surface area contributed by atoms with Crippen molar-refractivity contribution in [1.29, 1.82) is 0 Å². The standard InChI is InChI=1S/C15H4Cl3F16NO/c16-4-1-5(17)3-6(2-4)35-7(36)8(19,20)9(21,22)10(23,24)11(25,26)12(27,28)13(29,30)14(31,32)15(18,33)34/h1-3H,(H,35,36). The Morgan fingerprint density at radius 1 is 0.556 bits per heavy atom. The Morgan fingerprint density at radius 2 is 0.861 bits per heavy atom. The van der Waals surface area contributed by atoms with E-state index < -0.39 is 68.5 Å². The zero-order valence-electron chi connectivity index (χ0n) is 15.8. The topological polar surface area (TPSA) is 29.1 Å². The van der Waals surface area contributed by atoms with Crippen molar-refractivity contribution in [1.82, 2.24) is 0 Å². The highest BCUT2D eigenvalue weighted by Crippen LogP contribution is 2.64. The van der Waals surface area contributed by atoms with Crippen LogP contribution < -0.4 is 5.32 Å². The number of hydrogen-bond acceptors (Lipinski definition) is 1. The first-order valence-corrected chi connectivity index (χ1v) is 9.16. The zero-order chi connectivity index (χ0) is 29.1. The molecule has 0 saturated heterocycles. The van der Waals surface area contributed by atoms with E-state index in [1.807, 2.05) is 0 Å². The summed E-state index contributed by atoms with van der Waals surface area (Å²) < 4.78 is 214. The van der Waals surface area contributed by atoms with Gasteiger partial charge in [0.05, 0.1) is 0 Å². The summed E-state index contributed by atoms with van der Waals surface area (Å²) in [5.74, 6) is -60.9. The number of hydrogen-bond donors (Lipinski definition) is 1. The number of carbonyl (C=O) groups excluding carboxylic acids is 1. The maximum absolute atomic E-state index is 13.9. The molecule has 1 N–H and O–H groups in total. The normalized spacial score (nSPS) is 15.2. The van der Waals surface area contributed by atoms with E-state index in [1.54, 1.807) is 0 Å². The van der Waals surface area contributed by atoms with Gasteiger partial charge in [-0.25, -0.2) is 0 Å². The largest absolute Gasteiger partial charge is 0.393 e. The molecule has 0 heterocycles. The van der Waals surface area contributed by atoms with Crippen LogP contribution in [0.3, 0.4) is 0 Å². The van der Waals surface area contributed by atoms with E-state index in [9.17, 15) is 75.0 Å². The van der Waals surface area contributed by atoms with Crippen molar-refractivity contribution in [2.24, 2.45) is 0 Å². The van der Waals surface area contributed by atoms with Gasteiger partial charge in [-0.05, 0) is 29.8 Å². The summed E-state index contributed by atoms with van der Waals surface area (Å²) in [6.45, 7) is 0. The Balaban J connectivity index is 3.59. The van der Waals surface area contributed by atoms with Gasteiger partial charge in [0.1, 0.15) is 0 Å². The van der Waals surface area contributed by atoms with Crippen LogP contribution >= 0.6 is 34.8 Å². The van der Waals surface area contributed by atoms with Crippen molar-refractivity contribution in [3.63, 3.8) is 0 Å². The Kier molecular flexibility index (Phi) is 8.14. The van der Waals surface area contributed by atoms with E-state index >= 15 is 0 Å². The van der Waals surface area contributed by atoms with Gasteiger partial charge in [-0.2, -0.15) is 70.2 Å². The fourth-order valence-electron chi connectivity index (χ4n) is 2.14. The highest BCUT2D eigenvalue weighted by Gasteiger charge is 2.95. The van der Waals surface area contributed by atoms with Crippen LogP contribution in [-0.4, -0.2) is 52.7 Å². The average molecular weight is 625 g/mol. The van der Waals surface area contributed by atoms with Gasteiger partial charge in [-0.1, -0.05) is 23.2 Å². The molecule has 0 fully saturated rings. The molecule has 0 aliphatic heterocycles. The molecule has 21 heteroatoms. The quantitative estimate of drug-likeness (QED) is 0.218. The summed E-state index contributed by atoms with van der Waals surface area (Å²) in [5.41, 5.74) is -1.09. The van der Waals surface area contributed by atoms with E-state index in [-0.39, 0.29) is 0 Å². The van der Waals surface area contributed by atoms with E-state index in [1.165, 1.54) is 0 Å². The summed E-state index contributed by atoms with van der Waals surface area (Å²) in [7, 11) is 0. The van der Waals surface area contributed by atoms with E-state index in [2.05, 4.69) is 11.6 Å². The first-order valence-electron chi connectivity index (χ1n) is 8.03. The van der Waals surface area contributed by atoms with Crippen molar-refractivity contribution in [2.45, 2.75) is 46.8 Å². The van der Waals surface area contributed by atoms with Gasteiger partial charge < -0.3 is 5.32 Å². The molecule has 0 saturated carbocycles. The molecule has 2 nitrogen and oxygen atoms in total. The molecular weight excluding hydrogens is 620 g/mol. The van der Waals surface area contributed by atoms with Crippen LogP contribution in [0.15, 0.2) is 18.2 Å². The van der Waals surface area contributed by atoms with Crippen LogP contribution in [0.2, 0.25) is 10.0 Å². The van der Waals surface area contributed by atoms with Crippen molar-refractivity contribution in [3.8, 4) is 0 Å². The third-order valence-corrected chi connectivity index (χ3v) is 4.80. The molecule has 208 valence electrons. The lowest BCUT2D eigenvalue weighted by atomic mass is 9.89. The van der Waals surface area contributed by atoms with Crippen LogP contribution in [0.4, 0.5) is 75.9 Å². The number of rotatable bonds is 9. The summed E-state index contributed by atoms with van der Waals surface area (Å²) in [4.78, 5) is 11.4. The number of carbonyl (C=O) groups is 1. The summed E-state index contributed by atoms with van der Waals surface area (Å²) in [6.07, 6.45) is 0. The Bertz CT molecular complexity index is 987. The lowest BCUT2D eigenvalue weighted by Gasteiger charge is -2.42. The predicted octanol–water partition coefficient (Wildman–Crippen LogP) is 8.21. The molecule has 0 atom stereocenters. The number of anilines is 1. The minimum Gasteiger partial charge on any atom is -0.321 e. The number of alkyl halides is 17. The second-order valence-electron chi connectivity index (χ2n) is 6.63. The second-order valence-corrected chi connectivity index (χ2v) is 7.98. The lowest BCUT2D eigenvalue weighted by Crippen LogP contribution is -2.75. The van der Waals surface area contributed by atoms with Crippen LogP contribution in [-0.2, 0) is 4.79 Å². The molecule has 0 unspecified atom stereocenters. The molecule has 0 aromatic heterocycles. The third kappa shape index (κ3) is 4.61. The number of halogens is 19. The molecule has 0 aliphatic rings. The van der Waals surface area contributed by atoms with E-state index in [0.29, 0.717) is 12.1 Å². The van der Waals surface area contributed by atoms with Gasteiger partial charge >= 0.3 is 52.7 Å². The fourth-order valence-corrected chi connectivity index (χ4v) is 2.79. The maximum atomic E-state index is 13.9. The zero-order valence-corrected chi connectivity index (χ0v) is 18.1. The van der Waals surface area contributed by atoms with Crippen molar-refractivity contribution >= 4 is 46.4 Å². The van der Waals surface area contributed by atoms with Gasteiger partial charge in [0.15, 0.2) is 0 Å². The lowest BCUT2D eigenvalue weighted by molar-refractivity contribution is -0.445. The Hall–Kier alpha value is -1.56. The minimum absolute atomic E-state index is 0.440. The van der Waals surface area contributed by atoms with E-state index in [0.717, 1.165) is 11.4 Å². The number of amides is 1. The van der Waals surface area contributed by atoms with Crippen LogP contribution in [0.1, 0.15) is 0 Å². The molecule has 0 radical (unpaired) electrons. The smallest absolute Gasteiger partial charge is 0.321 e. The number of nitrogens with one attached hydrogen (secondary N) is 1. The van der Waals surface area contributed by atoms with Gasteiger partial charge in [0, 0.05) is 15.7 Å². The van der Waals surface area contributed by atoms with E-state index in [4.69, 9.17) is 23.2 Å². The SMILES string of the molecule is O=C(Nc1cc(Cl)cc(Cl)c1)C(F)(F)C(F)(F)C(F)(F)C(F)(F)C(F)(F)C(F)(F)C(F)(F)C(F)(F)Cl. The van der Waals surface area contributed by atoms with Gasteiger partial charge in [-0.3, -0.25) is 4.79 Å². The molecule has 1 rings (SSSR count). The van der Waals surface area contributed by atoms with Gasteiger partial charge in [0.25, 0.3) is 0 Å². The third-order valence-electron chi connectivity index (χ3n) is 4.13. The van der Waals surface area contributed by atoms with Crippen molar-refractivity contribution < 1.29 is 75.0 Å². The first kappa shape index (κ1) is 32.5. The number of benzene rings is 1. The Morgan fingerprint density at radius 3 is 1.19 bits per heavy atom. The fraction of sp³-hybridized carbons (Fsp3) is 0.533. The Labute approximate surface area is 202 Å². The average Bonchev–Trinajstić information content (AvgIpc) is 2.65. The molecular formula is C15H4Cl3F16NO. The molecule has 1 aromatic rings. The first-order chi connectivity index (χ1) is 15.5. The van der Waals surface area contributed by atoms with Gasteiger partial charge in [0.2, 0.25) is 0 Å². The molecule has 0 bridgehead atoms. The molecule has 0 spiro atoms. The van der Waals surface area contributed by atoms with Crippen LogP contribution in [0.25, 0.3) is 0 Å². The van der Waals surface area contributed by atoms with Crippen molar-refractivity contribution in [2.75, 3.05) is 5.32 Å². The minimum atomic E-state index is -8.67. The maximum Gasteiger partial charge on any atom is 0.393 e. The summed E-state index contributed by atoms with van der Waals surface area (Å²) in [5, 5.41) is -7.21. The molecule has 0 aliphatic carbocycles. The monoisotopic (exact) mass is 623 g/mol. The van der Waals surface area contributed by atoms with Crippen LogP contribution in [0.5, 0.6) is 0 Å². The predicted molar refractivity (Wildman–Crippen MR) is 90.5 cm³/mol. The summed E-state index contributed by atoms with van der Waals surface area (Å²) >= 11 is 14.1. The molecule has 1 aromatic carbocycles. The second kappa shape index (κ2) is 9.03. The van der Waals surface area contributed by atoms with Crippen molar-refractivity contribution in [3.05, 3.63) is 28.2 Å². The summed E-state index contributed by atoms with van der Waals surface area (Å²) in [6, 6.07) is 1.72. The van der Waals surface area contributed by atoms with Gasteiger partial charge in [-0.15, -0.1) is 0 Å². The van der Waals surface area contributed by atoms with Crippen LogP contribution in [0, 0.1) is 0 Å². The molecule has 1 amide bonds. The molecule has 36 heavy (non-hydrogen) atoms. The highest BCUT2D eigenvalue weighted by atomic mass is 35.5. The highest BCUT2D eigenvalue weighted by molar-refractivity contribution is 6.35.